The Morgan fingerprint density at radius 2 is 1.95 bits per heavy atom. The number of methoxy groups -OCH3 is 1. The third-order valence-electron chi connectivity index (χ3n) is 2.96. The van der Waals surface area contributed by atoms with E-state index in [0.717, 1.165) is 10.9 Å². The van der Waals surface area contributed by atoms with Crippen LogP contribution in [0.2, 0.25) is 0 Å². The lowest BCUT2D eigenvalue weighted by atomic mass is 10.0. The number of carbonyl (C=O) groups excluding carboxylic acids is 2. The van der Waals surface area contributed by atoms with Crippen molar-refractivity contribution in [2.45, 2.75) is 19.4 Å². The van der Waals surface area contributed by atoms with Crippen molar-refractivity contribution >= 4 is 22.8 Å². The summed E-state index contributed by atoms with van der Waals surface area (Å²) >= 11 is 0. The average Bonchev–Trinajstić information content (AvgIpc) is 2.81. The second-order valence-electron chi connectivity index (χ2n) is 4.82. The van der Waals surface area contributed by atoms with Gasteiger partial charge >= 0.3 is 5.97 Å². The molecule has 0 aliphatic heterocycles. The summed E-state index contributed by atoms with van der Waals surface area (Å²) in [6.45, 7) is 3.21. The van der Waals surface area contributed by atoms with Crippen molar-refractivity contribution in [3.8, 4) is 0 Å². The van der Waals surface area contributed by atoms with Crippen LogP contribution in [0, 0.1) is 0 Å². The van der Waals surface area contributed by atoms with Crippen LogP contribution in [0.4, 0.5) is 0 Å². The number of esters is 1. The number of carbonyl (C=O) groups is 2. The SMILES string of the molecule is COC(=O)C(C)(C)NC(=O)c1c[nH]c2ccccc12. The summed E-state index contributed by atoms with van der Waals surface area (Å²) in [5.41, 5.74) is 0.320. The summed E-state index contributed by atoms with van der Waals surface area (Å²) in [7, 11) is 1.29. The van der Waals surface area contributed by atoms with Crippen LogP contribution in [0.25, 0.3) is 10.9 Å². The number of nitrogens with one attached hydrogen (secondary N) is 2. The van der Waals surface area contributed by atoms with Gasteiger partial charge in [-0.05, 0) is 19.9 Å². The fourth-order valence-corrected chi connectivity index (χ4v) is 1.92. The standard InChI is InChI=1S/C14H16N2O3/c1-14(2,13(18)19-3)16-12(17)10-8-15-11-7-5-4-6-9(10)11/h4-8,15H,1-3H3,(H,16,17). The molecule has 5 heteroatoms. The van der Waals surface area contributed by atoms with Gasteiger partial charge < -0.3 is 15.0 Å². The molecular formula is C14H16N2O3. The molecule has 0 radical (unpaired) electrons. The number of aromatic nitrogens is 1. The lowest BCUT2D eigenvalue weighted by Gasteiger charge is -2.22. The smallest absolute Gasteiger partial charge is 0.330 e. The Morgan fingerprint density at radius 3 is 2.63 bits per heavy atom. The van der Waals surface area contributed by atoms with Crippen molar-refractivity contribution < 1.29 is 14.3 Å². The van der Waals surface area contributed by atoms with Gasteiger partial charge in [-0.3, -0.25) is 4.79 Å². The molecule has 1 amide bonds. The van der Waals surface area contributed by atoms with Crippen molar-refractivity contribution in [2.24, 2.45) is 0 Å². The van der Waals surface area contributed by atoms with E-state index in [1.54, 1.807) is 20.0 Å². The van der Waals surface area contributed by atoms with Crippen molar-refractivity contribution in [3.05, 3.63) is 36.0 Å². The molecule has 1 aromatic carbocycles. The van der Waals surface area contributed by atoms with E-state index in [1.165, 1.54) is 7.11 Å². The number of hydrogen-bond acceptors (Lipinski definition) is 3. The number of amides is 1. The van der Waals surface area contributed by atoms with Gasteiger partial charge in [0, 0.05) is 17.1 Å². The zero-order chi connectivity index (χ0) is 14.0. The lowest BCUT2D eigenvalue weighted by molar-refractivity contribution is -0.146. The minimum Gasteiger partial charge on any atom is -0.467 e. The lowest BCUT2D eigenvalue weighted by Crippen LogP contribution is -2.50. The first-order valence-electron chi connectivity index (χ1n) is 5.93. The Kier molecular flexibility index (Phi) is 3.29. The highest BCUT2D eigenvalue weighted by Crippen LogP contribution is 2.18. The summed E-state index contributed by atoms with van der Waals surface area (Å²) < 4.78 is 4.66. The molecule has 2 N–H and O–H groups in total. The highest BCUT2D eigenvalue weighted by atomic mass is 16.5. The Bertz CT molecular complexity index is 628. The molecule has 2 aromatic rings. The van der Waals surface area contributed by atoms with Crippen LogP contribution in [0.3, 0.4) is 0 Å². The summed E-state index contributed by atoms with van der Waals surface area (Å²) in [5.74, 6) is -0.798. The molecule has 2 rings (SSSR count). The summed E-state index contributed by atoms with van der Waals surface area (Å²) in [6.07, 6.45) is 1.63. The predicted octanol–water partition coefficient (Wildman–Crippen LogP) is 1.85. The van der Waals surface area contributed by atoms with Gasteiger partial charge in [0.1, 0.15) is 5.54 Å². The molecule has 0 bridgehead atoms. The number of H-pyrrole nitrogens is 1. The van der Waals surface area contributed by atoms with Crippen molar-refractivity contribution in [1.82, 2.24) is 10.3 Å². The fraction of sp³-hybridized carbons (Fsp3) is 0.286. The van der Waals surface area contributed by atoms with Gasteiger partial charge in [0.2, 0.25) is 0 Å². The van der Waals surface area contributed by atoms with Gasteiger partial charge in [-0.2, -0.15) is 0 Å². The van der Waals surface area contributed by atoms with Crippen LogP contribution >= 0.6 is 0 Å². The monoisotopic (exact) mass is 260 g/mol. The van der Waals surface area contributed by atoms with E-state index in [9.17, 15) is 9.59 Å². The predicted molar refractivity (Wildman–Crippen MR) is 71.9 cm³/mol. The maximum atomic E-state index is 12.2. The number of aromatic amines is 1. The third kappa shape index (κ3) is 2.45. The molecule has 0 saturated carbocycles. The van der Waals surface area contributed by atoms with Gasteiger partial charge in [-0.1, -0.05) is 18.2 Å². The van der Waals surface area contributed by atoms with Crippen molar-refractivity contribution in [2.75, 3.05) is 7.11 Å². The third-order valence-corrected chi connectivity index (χ3v) is 2.96. The van der Waals surface area contributed by atoms with E-state index in [-0.39, 0.29) is 5.91 Å². The second-order valence-corrected chi connectivity index (χ2v) is 4.82. The summed E-state index contributed by atoms with van der Waals surface area (Å²) in [5, 5.41) is 3.49. The van der Waals surface area contributed by atoms with Crippen LogP contribution in [0.1, 0.15) is 24.2 Å². The first-order chi connectivity index (χ1) is 8.95. The molecule has 100 valence electrons. The molecule has 1 aromatic heterocycles. The molecule has 0 saturated heterocycles. The number of benzene rings is 1. The van der Waals surface area contributed by atoms with E-state index in [4.69, 9.17) is 0 Å². The second kappa shape index (κ2) is 4.76. The minimum absolute atomic E-state index is 0.312. The van der Waals surface area contributed by atoms with Crippen LogP contribution in [0.5, 0.6) is 0 Å². The number of hydrogen-bond donors (Lipinski definition) is 2. The van der Waals surface area contributed by atoms with Gasteiger partial charge in [-0.15, -0.1) is 0 Å². The largest absolute Gasteiger partial charge is 0.467 e. The molecule has 1 heterocycles. The Balaban J connectivity index is 2.28. The summed E-state index contributed by atoms with van der Waals surface area (Å²) in [6, 6.07) is 7.49. The molecule has 0 atom stereocenters. The first-order valence-corrected chi connectivity index (χ1v) is 5.93. The highest BCUT2D eigenvalue weighted by molar-refractivity contribution is 6.08. The van der Waals surface area contributed by atoms with Gasteiger partial charge in [0.15, 0.2) is 0 Å². The Hall–Kier alpha value is -2.30. The van der Waals surface area contributed by atoms with Crippen LogP contribution in [-0.4, -0.2) is 29.5 Å². The first kappa shape index (κ1) is 13.1. The number of rotatable bonds is 3. The molecule has 0 unspecified atom stereocenters. The normalized spacial score (nSPS) is 11.3. The van der Waals surface area contributed by atoms with Crippen LogP contribution < -0.4 is 5.32 Å². The number of fused-ring (bicyclic) bond motifs is 1. The van der Waals surface area contributed by atoms with E-state index >= 15 is 0 Å². The van der Waals surface area contributed by atoms with Gasteiger partial charge in [0.25, 0.3) is 5.91 Å². The van der Waals surface area contributed by atoms with Crippen LogP contribution in [-0.2, 0) is 9.53 Å². The van der Waals surface area contributed by atoms with E-state index in [1.807, 2.05) is 24.3 Å². The number of ether oxygens (including phenoxy) is 1. The van der Waals surface area contributed by atoms with Crippen LogP contribution in [0.15, 0.2) is 30.5 Å². The molecule has 19 heavy (non-hydrogen) atoms. The molecular weight excluding hydrogens is 244 g/mol. The highest BCUT2D eigenvalue weighted by Gasteiger charge is 2.31. The molecule has 0 spiro atoms. The maximum absolute atomic E-state index is 12.2. The molecule has 0 fully saturated rings. The van der Waals surface area contributed by atoms with Gasteiger partial charge in [-0.25, -0.2) is 4.79 Å². The zero-order valence-corrected chi connectivity index (χ0v) is 11.1. The molecule has 5 nitrogen and oxygen atoms in total. The maximum Gasteiger partial charge on any atom is 0.330 e. The van der Waals surface area contributed by atoms with Crippen molar-refractivity contribution in [1.29, 1.82) is 0 Å². The average molecular weight is 260 g/mol. The van der Waals surface area contributed by atoms with E-state index in [2.05, 4.69) is 15.0 Å². The zero-order valence-electron chi connectivity index (χ0n) is 11.1. The topological polar surface area (TPSA) is 71.2 Å². The quantitative estimate of drug-likeness (QED) is 0.827. The Morgan fingerprint density at radius 1 is 1.26 bits per heavy atom. The Labute approximate surface area is 110 Å². The van der Waals surface area contributed by atoms with Crippen molar-refractivity contribution in [3.63, 3.8) is 0 Å². The fourth-order valence-electron chi connectivity index (χ4n) is 1.92. The molecule has 0 aliphatic carbocycles. The van der Waals surface area contributed by atoms with E-state index in [0.29, 0.717) is 5.56 Å². The van der Waals surface area contributed by atoms with Gasteiger partial charge in [0.05, 0.1) is 12.7 Å². The van der Waals surface area contributed by atoms with E-state index < -0.39 is 11.5 Å². The summed E-state index contributed by atoms with van der Waals surface area (Å²) in [4.78, 5) is 26.8. The molecule has 0 aliphatic rings. The number of para-hydroxylation sites is 1. The minimum atomic E-state index is -1.07.